The highest BCUT2D eigenvalue weighted by Crippen LogP contribution is 2.24. The van der Waals surface area contributed by atoms with E-state index >= 15 is 0 Å². The SMILES string of the molecule is CC1(C)OC(=O)C(=Cc2ccc(COc3cc(F)c(F)c(F)c3)cc2)C(=O)O1. The number of benzene rings is 2. The number of hydrogen-bond donors (Lipinski definition) is 0. The van der Waals surface area contributed by atoms with E-state index in [2.05, 4.69) is 0 Å². The van der Waals surface area contributed by atoms with E-state index in [1.54, 1.807) is 24.3 Å². The van der Waals surface area contributed by atoms with Crippen molar-refractivity contribution in [2.75, 3.05) is 0 Å². The number of esters is 2. The molecule has 0 N–H and O–H groups in total. The Morgan fingerprint density at radius 1 is 0.964 bits per heavy atom. The monoisotopic (exact) mass is 392 g/mol. The molecule has 5 nitrogen and oxygen atoms in total. The van der Waals surface area contributed by atoms with Gasteiger partial charge in [0.15, 0.2) is 17.5 Å². The van der Waals surface area contributed by atoms with Crippen LogP contribution in [0.15, 0.2) is 42.0 Å². The lowest BCUT2D eigenvalue weighted by Gasteiger charge is -2.29. The average Bonchev–Trinajstić information content (AvgIpc) is 2.61. The quantitative estimate of drug-likeness (QED) is 0.342. The Balaban J connectivity index is 1.69. The fourth-order valence-corrected chi connectivity index (χ4v) is 2.44. The molecular weight excluding hydrogens is 377 g/mol. The summed E-state index contributed by atoms with van der Waals surface area (Å²) in [5.41, 5.74) is 0.939. The number of carbonyl (C=O) groups excluding carboxylic acids is 2. The maximum atomic E-state index is 13.2. The first-order chi connectivity index (χ1) is 13.1. The van der Waals surface area contributed by atoms with Gasteiger partial charge < -0.3 is 14.2 Å². The smallest absolute Gasteiger partial charge is 0.348 e. The first-order valence-corrected chi connectivity index (χ1v) is 8.19. The van der Waals surface area contributed by atoms with Crippen LogP contribution in [0.4, 0.5) is 13.2 Å². The predicted molar refractivity (Wildman–Crippen MR) is 91.3 cm³/mol. The minimum absolute atomic E-state index is 0.0281. The third kappa shape index (κ3) is 4.33. The molecule has 3 rings (SSSR count). The fourth-order valence-electron chi connectivity index (χ4n) is 2.44. The van der Waals surface area contributed by atoms with E-state index < -0.39 is 35.2 Å². The van der Waals surface area contributed by atoms with Crippen molar-refractivity contribution in [3.05, 3.63) is 70.5 Å². The summed E-state index contributed by atoms with van der Waals surface area (Å²) in [6.45, 7) is 2.88. The maximum Gasteiger partial charge on any atom is 0.348 e. The van der Waals surface area contributed by atoms with Crippen LogP contribution in [0.3, 0.4) is 0 Å². The van der Waals surface area contributed by atoms with E-state index in [0.717, 1.165) is 12.1 Å². The van der Waals surface area contributed by atoms with Gasteiger partial charge in [-0.3, -0.25) is 0 Å². The highest BCUT2D eigenvalue weighted by Gasteiger charge is 2.38. The van der Waals surface area contributed by atoms with Gasteiger partial charge in [0.1, 0.15) is 17.9 Å². The van der Waals surface area contributed by atoms with Crippen molar-refractivity contribution in [2.24, 2.45) is 0 Å². The van der Waals surface area contributed by atoms with Crippen molar-refractivity contribution in [3.8, 4) is 5.75 Å². The van der Waals surface area contributed by atoms with E-state index in [1.165, 1.54) is 19.9 Å². The van der Waals surface area contributed by atoms with Crippen molar-refractivity contribution < 1.29 is 37.0 Å². The van der Waals surface area contributed by atoms with E-state index in [1.807, 2.05) is 0 Å². The number of carbonyl (C=O) groups is 2. The molecule has 0 spiro atoms. The number of rotatable bonds is 4. The van der Waals surface area contributed by atoms with E-state index in [9.17, 15) is 22.8 Å². The molecule has 0 aliphatic carbocycles. The van der Waals surface area contributed by atoms with Crippen molar-refractivity contribution >= 4 is 18.0 Å². The highest BCUT2D eigenvalue weighted by atomic mass is 19.2. The Kier molecular flexibility index (Phi) is 5.13. The molecule has 2 aromatic rings. The van der Waals surface area contributed by atoms with Gasteiger partial charge >= 0.3 is 11.9 Å². The van der Waals surface area contributed by atoms with Gasteiger partial charge in [0.05, 0.1) is 0 Å². The largest absolute Gasteiger partial charge is 0.489 e. The summed E-state index contributed by atoms with van der Waals surface area (Å²) in [5, 5.41) is 0. The number of hydrogen-bond acceptors (Lipinski definition) is 5. The Morgan fingerprint density at radius 3 is 2.04 bits per heavy atom. The van der Waals surface area contributed by atoms with Crippen LogP contribution in [0.1, 0.15) is 25.0 Å². The van der Waals surface area contributed by atoms with Crippen LogP contribution in [0.2, 0.25) is 0 Å². The first kappa shape index (κ1) is 19.5. The minimum Gasteiger partial charge on any atom is -0.489 e. The third-order valence-electron chi connectivity index (χ3n) is 3.77. The molecule has 0 radical (unpaired) electrons. The molecule has 1 fully saturated rings. The van der Waals surface area contributed by atoms with Gasteiger partial charge in [-0.2, -0.15) is 0 Å². The lowest BCUT2D eigenvalue weighted by Crippen LogP contribution is -2.41. The molecule has 1 aliphatic rings. The Morgan fingerprint density at radius 2 is 1.50 bits per heavy atom. The van der Waals surface area contributed by atoms with E-state index in [0.29, 0.717) is 11.1 Å². The molecular formula is C20H15F3O5. The lowest BCUT2D eigenvalue weighted by molar-refractivity contribution is -0.222. The highest BCUT2D eigenvalue weighted by molar-refractivity contribution is 6.18. The van der Waals surface area contributed by atoms with Crippen LogP contribution in [0.5, 0.6) is 5.75 Å². The summed E-state index contributed by atoms with van der Waals surface area (Å²) in [6, 6.07) is 7.98. The van der Waals surface area contributed by atoms with Crippen molar-refractivity contribution in [1.82, 2.24) is 0 Å². The predicted octanol–water partition coefficient (Wildman–Crippen LogP) is 3.90. The molecule has 8 heteroatoms. The Labute approximate surface area is 158 Å². The molecule has 1 aliphatic heterocycles. The summed E-state index contributed by atoms with van der Waals surface area (Å²) in [5.74, 6) is -7.28. The first-order valence-electron chi connectivity index (χ1n) is 8.19. The molecule has 0 aromatic heterocycles. The lowest BCUT2D eigenvalue weighted by atomic mass is 10.1. The minimum atomic E-state index is -1.56. The van der Waals surface area contributed by atoms with Crippen LogP contribution in [-0.2, 0) is 25.7 Å². The van der Waals surface area contributed by atoms with Gasteiger partial charge in [-0.25, -0.2) is 22.8 Å². The molecule has 0 amide bonds. The van der Waals surface area contributed by atoms with Crippen LogP contribution >= 0.6 is 0 Å². The molecule has 1 saturated heterocycles. The molecule has 0 atom stereocenters. The molecule has 0 bridgehead atoms. The van der Waals surface area contributed by atoms with Gasteiger partial charge in [0.2, 0.25) is 0 Å². The number of halogens is 3. The number of ether oxygens (including phenoxy) is 3. The van der Waals surface area contributed by atoms with Gasteiger partial charge in [0.25, 0.3) is 5.79 Å². The zero-order valence-corrected chi connectivity index (χ0v) is 14.9. The second-order valence-electron chi connectivity index (χ2n) is 6.47. The summed E-state index contributed by atoms with van der Waals surface area (Å²) in [7, 11) is 0. The van der Waals surface area contributed by atoms with Crippen LogP contribution < -0.4 is 4.74 Å². The average molecular weight is 392 g/mol. The number of cyclic esters (lactones) is 2. The van der Waals surface area contributed by atoms with E-state index in [-0.39, 0.29) is 17.9 Å². The van der Waals surface area contributed by atoms with Gasteiger partial charge in [-0.1, -0.05) is 24.3 Å². The van der Waals surface area contributed by atoms with Gasteiger partial charge in [-0.05, 0) is 17.2 Å². The van der Waals surface area contributed by atoms with Gasteiger partial charge in [0, 0.05) is 26.0 Å². The normalized spacial score (nSPS) is 15.7. The maximum absolute atomic E-state index is 13.2. The van der Waals surface area contributed by atoms with Crippen molar-refractivity contribution in [3.63, 3.8) is 0 Å². The summed E-state index contributed by atoms with van der Waals surface area (Å²) < 4.78 is 54.5. The van der Waals surface area contributed by atoms with Gasteiger partial charge in [-0.15, -0.1) is 0 Å². The molecule has 28 heavy (non-hydrogen) atoms. The fraction of sp³-hybridized carbons (Fsp3) is 0.200. The molecule has 1 heterocycles. The van der Waals surface area contributed by atoms with Crippen LogP contribution in [0, 0.1) is 17.5 Å². The topological polar surface area (TPSA) is 61.8 Å². The Hall–Kier alpha value is -3.29. The van der Waals surface area contributed by atoms with Crippen molar-refractivity contribution in [1.29, 1.82) is 0 Å². The second-order valence-corrected chi connectivity index (χ2v) is 6.47. The standard InChI is InChI=1S/C20H15F3O5/c1-20(2)27-18(24)14(19(25)28-20)7-11-3-5-12(6-4-11)10-26-13-8-15(21)17(23)16(22)9-13/h3-9H,10H2,1-2H3. The molecule has 2 aromatic carbocycles. The second kappa shape index (κ2) is 7.38. The van der Waals surface area contributed by atoms with Crippen LogP contribution in [0.25, 0.3) is 6.08 Å². The van der Waals surface area contributed by atoms with E-state index in [4.69, 9.17) is 14.2 Å². The van der Waals surface area contributed by atoms with Crippen molar-refractivity contribution in [2.45, 2.75) is 26.2 Å². The summed E-state index contributed by atoms with van der Waals surface area (Å²) in [6.07, 6.45) is 1.33. The molecule has 0 unspecified atom stereocenters. The summed E-state index contributed by atoms with van der Waals surface area (Å²) in [4.78, 5) is 23.9. The molecule has 0 saturated carbocycles. The summed E-state index contributed by atoms with van der Waals surface area (Å²) >= 11 is 0. The molecule has 146 valence electrons. The zero-order chi connectivity index (χ0) is 20.5. The zero-order valence-electron chi connectivity index (χ0n) is 14.9. The van der Waals surface area contributed by atoms with Crippen LogP contribution in [-0.4, -0.2) is 17.7 Å². The Bertz CT molecular complexity index is 919. The third-order valence-corrected chi connectivity index (χ3v) is 3.77.